The van der Waals surface area contributed by atoms with Crippen molar-refractivity contribution in [3.63, 3.8) is 0 Å². The lowest BCUT2D eigenvalue weighted by atomic mass is 10.1. The minimum atomic E-state index is -0.123. The third-order valence-corrected chi connectivity index (χ3v) is 3.93. The Hall–Kier alpha value is -0.880. The smallest absolute Gasteiger partial charge is 0.224 e. The first-order valence-corrected chi connectivity index (χ1v) is 7.66. The van der Waals surface area contributed by atoms with Gasteiger partial charge in [0.2, 0.25) is 5.95 Å². The van der Waals surface area contributed by atoms with E-state index in [-0.39, 0.29) is 6.10 Å². The lowest BCUT2D eigenvalue weighted by molar-refractivity contribution is 0.178. The van der Waals surface area contributed by atoms with E-state index in [0.717, 1.165) is 49.1 Å². The summed E-state index contributed by atoms with van der Waals surface area (Å²) in [5.41, 5.74) is 0. The van der Waals surface area contributed by atoms with Crippen LogP contribution < -0.4 is 10.6 Å². The Balaban J connectivity index is 1.91. The molecule has 2 atom stereocenters. The van der Waals surface area contributed by atoms with Gasteiger partial charge in [-0.15, -0.1) is 0 Å². The first-order chi connectivity index (χ1) is 9.19. The van der Waals surface area contributed by atoms with Crippen molar-refractivity contribution in [2.75, 3.05) is 23.7 Å². The second-order valence-electron chi connectivity index (χ2n) is 5.03. The van der Waals surface area contributed by atoms with E-state index in [1.807, 2.05) is 0 Å². The van der Waals surface area contributed by atoms with Crippen molar-refractivity contribution in [3.05, 3.63) is 10.7 Å². The van der Waals surface area contributed by atoms with Crippen molar-refractivity contribution >= 4 is 27.7 Å². The lowest BCUT2D eigenvalue weighted by Crippen LogP contribution is -2.15. The highest BCUT2D eigenvalue weighted by molar-refractivity contribution is 9.10. The molecule has 106 valence electrons. The summed E-state index contributed by atoms with van der Waals surface area (Å²) in [6, 6.07) is 0. The third kappa shape index (κ3) is 4.31. The monoisotopic (exact) mass is 328 g/mol. The van der Waals surface area contributed by atoms with Crippen LogP contribution in [0.3, 0.4) is 0 Å². The van der Waals surface area contributed by atoms with Gasteiger partial charge in [-0.3, -0.25) is 0 Å². The SMILES string of the molecule is CCCNc1ncc(Br)c(NCC2CCC(O)C2)n1. The van der Waals surface area contributed by atoms with Crippen molar-refractivity contribution < 1.29 is 5.11 Å². The summed E-state index contributed by atoms with van der Waals surface area (Å²) in [6.07, 6.45) is 5.57. The number of rotatable bonds is 6. The maximum absolute atomic E-state index is 9.52. The highest BCUT2D eigenvalue weighted by atomic mass is 79.9. The highest BCUT2D eigenvalue weighted by Gasteiger charge is 2.22. The molecule has 5 nitrogen and oxygen atoms in total. The van der Waals surface area contributed by atoms with Crippen LogP contribution in [0.4, 0.5) is 11.8 Å². The van der Waals surface area contributed by atoms with Gasteiger partial charge in [0.1, 0.15) is 5.82 Å². The lowest BCUT2D eigenvalue weighted by Gasteiger charge is -2.13. The highest BCUT2D eigenvalue weighted by Crippen LogP contribution is 2.27. The molecule has 6 heteroatoms. The van der Waals surface area contributed by atoms with Crippen molar-refractivity contribution in [1.82, 2.24) is 9.97 Å². The third-order valence-electron chi connectivity index (χ3n) is 3.35. The van der Waals surface area contributed by atoms with Crippen LogP contribution >= 0.6 is 15.9 Å². The molecule has 19 heavy (non-hydrogen) atoms. The molecule has 0 radical (unpaired) electrons. The molecule has 0 spiro atoms. The first-order valence-electron chi connectivity index (χ1n) is 6.87. The van der Waals surface area contributed by atoms with Gasteiger partial charge in [0.15, 0.2) is 0 Å². The van der Waals surface area contributed by atoms with E-state index < -0.39 is 0 Å². The van der Waals surface area contributed by atoms with E-state index in [2.05, 4.69) is 43.5 Å². The average molecular weight is 329 g/mol. The average Bonchev–Trinajstić information content (AvgIpc) is 2.82. The number of nitrogens with one attached hydrogen (secondary N) is 2. The quantitative estimate of drug-likeness (QED) is 0.748. The molecule has 0 aromatic carbocycles. The van der Waals surface area contributed by atoms with Gasteiger partial charge in [-0.05, 0) is 47.5 Å². The molecule has 2 rings (SSSR count). The molecule has 1 saturated carbocycles. The summed E-state index contributed by atoms with van der Waals surface area (Å²) >= 11 is 3.46. The second-order valence-corrected chi connectivity index (χ2v) is 5.89. The van der Waals surface area contributed by atoms with Crippen LogP contribution in [0.25, 0.3) is 0 Å². The molecule has 0 bridgehead atoms. The molecule has 0 saturated heterocycles. The number of anilines is 2. The molecular weight excluding hydrogens is 308 g/mol. The van der Waals surface area contributed by atoms with Crippen LogP contribution in [0, 0.1) is 5.92 Å². The summed E-state index contributed by atoms with van der Waals surface area (Å²) in [5.74, 6) is 2.00. The Morgan fingerprint density at radius 2 is 2.26 bits per heavy atom. The largest absolute Gasteiger partial charge is 0.393 e. The van der Waals surface area contributed by atoms with Crippen LogP contribution in [-0.4, -0.2) is 34.3 Å². The van der Waals surface area contributed by atoms with E-state index in [9.17, 15) is 5.11 Å². The van der Waals surface area contributed by atoms with Crippen LogP contribution in [0.5, 0.6) is 0 Å². The molecule has 1 aromatic heterocycles. The molecule has 1 aliphatic rings. The normalized spacial score (nSPS) is 22.5. The molecule has 1 heterocycles. The number of aliphatic hydroxyl groups is 1. The van der Waals surface area contributed by atoms with Crippen LogP contribution in [0.2, 0.25) is 0 Å². The summed E-state index contributed by atoms with van der Waals surface area (Å²) < 4.78 is 0.869. The second kappa shape index (κ2) is 7.05. The Kier molecular flexibility index (Phi) is 5.39. The molecule has 1 aliphatic carbocycles. The van der Waals surface area contributed by atoms with Gasteiger partial charge in [0.25, 0.3) is 0 Å². The molecular formula is C13H21BrN4O. The fraction of sp³-hybridized carbons (Fsp3) is 0.692. The van der Waals surface area contributed by atoms with Crippen molar-refractivity contribution in [2.24, 2.45) is 5.92 Å². The number of halogens is 1. The van der Waals surface area contributed by atoms with Crippen LogP contribution in [0.15, 0.2) is 10.7 Å². The van der Waals surface area contributed by atoms with E-state index in [1.54, 1.807) is 6.20 Å². The molecule has 2 unspecified atom stereocenters. The Bertz CT molecular complexity index is 416. The van der Waals surface area contributed by atoms with Crippen molar-refractivity contribution in [3.8, 4) is 0 Å². The minimum Gasteiger partial charge on any atom is -0.393 e. The topological polar surface area (TPSA) is 70.1 Å². The summed E-state index contributed by atoms with van der Waals surface area (Å²) in [6.45, 7) is 3.83. The fourth-order valence-corrected chi connectivity index (χ4v) is 2.62. The first kappa shape index (κ1) is 14.5. The number of nitrogens with zero attached hydrogens (tertiary/aromatic N) is 2. The maximum atomic E-state index is 9.52. The molecule has 0 amide bonds. The maximum Gasteiger partial charge on any atom is 0.224 e. The molecule has 1 aromatic rings. The standard InChI is InChI=1S/C13H21BrN4O/c1-2-5-15-13-17-8-11(14)12(18-13)16-7-9-3-4-10(19)6-9/h8-10,19H,2-7H2,1H3,(H2,15,16,17,18). The Morgan fingerprint density at radius 3 is 2.95 bits per heavy atom. The van der Waals surface area contributed by atoms with Gasteiger partial charge < -0.3 is 15.7 Å². The van der Waals surface area contributed by atoms with Gasteiger partial charge in [-0.25, -0.2) is 4.98 Å². The number of aromatic nitrogens is 2. The zero-order valence-corrected chi connectivity index (χ0v) is 12.8. The minimum absolute atomic E-state index is 0.123. The summed E-state index contributed by atoms with van der Waals surface area (Å²) in [7, 11) is 0. The number of aliphatic hydroxyl groups excluding tert-OH is 1. The van der Waals surface area contributed by atoms with Crippen molar-refractivity contribution in [2.45, 2.75) is 38.7 Å². The van der Waals surface area contributed by atoms with Gasteiger partial charge in [-0.2, -0.15) is 4.98 Å². The van der Waals surface area contributed by atoms with E-state index >= 15 is 0 Å². The van der Waals surface area contributed by atoms with E-state index in [1.165, 1.54) is 0 Å². The predicted octanol–water partition coefficient (Wildman–Crippen LogP) is 2.63. The van der Waals surface area contributed by atoms with Crippen LogP contribution in [-0.2, 0) is 0 Å². The number of hydrogen-bond acceptors (Lipinski definition) is 5. The van der Waals surface area contributed by atoms with Gasteiger partial charge in [-0.1, -0.05) is 6.92 Å². The fourth-order valence-electron chi connectivity index (χ4n) is 2.29. The summed E-state index contributed by atoms with van der Waals surface area (Å²) in [4.78, 5) is 8.67. The summed E-state index contributed by atoms with van der Waals surface area (Å²) in [5, 5.41) is 16.0. The number of hydrogen-bond donors (Lipinski definition) is 3. The van der Waals surface area contributed by atoms with Crippen LogP contribution in [0.1, 0.15) is 32.6 Å². The Labute approximate surface area is 122 Å². The van der Waals surface area contributed by atoms with Gasteiger partial charge in [0, 0.05) is 19.3 Å². The van der Waals surface area contributed by atoms with Gasteiger partial charge >= 0.3 is 0 Å². The molecule has 0 aliphatic heterocycles. The predicted molar refractivity (Wildman–Crippen MR) is 80.4 cm³/mol. The zero-order valence-electron chi connectivity index (χ0n) is 11.2. The van der Waals surface area contributed by atoms with Gasteiger partial charge in [0.05, 0.1) is 10.6 Å². The van der Waals surface area contributed by atoms with E-state index in [0.29, 0.717) is 11.9 Å². The molecule has 1 fully saturated rings. The van der Waals surface area contributed by atoms with E-state index in [4.69, 9.17) is 0 Å². The van der Waals surface area contributed by atoms with Crippen molar-refractivity contribution in [1.29, 1.82) is 0 Å². The Morgan fingerprint density at radius 1 is 1.42 bits per heavy atom. The zero-order chi connectivity index (χ0) is 13.7. The molecule has 3 N–H and O–H groups in total.